The summed E-state index contributed by atoms with van der Waals surface area (Å²) in [5.41, 5.74) is -0.514. The van der Waals surface area contributed by atoms with E-state index in [9.17, 15) is 9.59 Å². The molecule has 0 spiro atoms. The molecule has 0 aliphatic heterocycles. The molecule has 174 valence electrons. The Morgan fingerprint density at radius 2 is 1.64 bits per heavy atom. The highest BCUT2D eigenvalue weighted by Crippen LogP contribution is 2.22. The van der Waals surface area contributed by atoms with E-state index in [4.69, 9.17) is 14.0 Å². The molecule has 0 aliphatic rings. The molecule has 0 radical (unpaired) electrons. The molecule has 0 saturated heterocycles. The third kappa shape index (κ3) is 6.80. The SMILES string of the molecule is CC(C)(C)OC(=O)NC(C)(C)c1noc(COc2ccccc2C(=O)Nc2ccccc2)n1. The number of benzene rings is 2. The van der Waals surface area contributed by atoms with Crippen LogP contribution in [-0.2, 0) is 16.9 Å². The third-order valence-electron chi connectivity index (χ3n) is 4.36. The second-order valence-corrected chi connectivity index (χ2v) is 8.87. The van der Waals surface area contributed by atoms with E-state index in [1.54, 1.807) is 71.0 Å². The molecule has 3 rings (SSSR count). The van der Waals surface area contributed by atoms with Crippen LogP contribution in [0.1, 0.15) is 56.7 Å². The number of anilines is 1. The normalized spacial score (nSPS) is 11.5. The number of carbonyl (C=O) groups is 2. The van der Waals surface area contributed by atoms with Crippen molar-refractivity contribution in [2.24, 2.45) is 0 Å². The van der Waals surface area contributed by atoms with Crippen molar-refractivity contribution in [2.75, 3.05) is 5.32 Å². The van der Waals surface area contributed by atoms with Gasteiger partial charge in [-0.05, 0) is 58.9 Å². The average molecular weight is 453 g/mol. The number of rotatable bonds is 7. The highest BCUT2D eigenvalue weighted by molar-refractivity contribution is 6.06. The van der Waals surface area contributed by atoms with Crippen LogP contribution in [0.3, 0.4) is 0 Å². The van der Waals surface area contributed by atoms with Gasteiger partial charge in [0.15, 0.2) is 12.4 Å². The van der Waals surface area contributed by atoms with Gasteiger partial charge in [0.05, 0.1) is 5.56 Å². The van der Waals surface area contributed by atoms with Gasteiger partial charge in [0, 0.05) is 5.69 Å². The number of aromatic nitrogens is 2. The van der Waals surface area contributed by atoms with Crippen molar-refractivity contribution in [3.8, 4) is 5.75 Å². The zero-order valence-corrected chi connectivity index (χ0v) is 19.3. The van der Waals surface area contributed by atoms with Gasteiger partial charge < -0.3 is 24.6 Å². The van der Waals surface area contributed by atoms with Crippen molar-refractivity contribution in [2.45, 2.75) is 52.4 Å². The molecule has 2 N–H and O–H groups in total. The van der Waals surface area contributed by atoms with Crippen LogP contribution in [0.5, 0.6) is 5.75 Å². The molecule has 0 aliphatic carbocycles. The summed E-state index contributed by atoms with van der Waals surface area (Å²) >= 11 is 0. The number of carbonyl (C=O) groups excluding carboxylic acids is 2. The number of hydrogen-bond donors (Lipinski definition) is 2. The summed E-state index contributed by atoms with van der Waals surface area (Å²) in [6.45, 7) is 8.75. The largest absolute Gasteiger partial charge is 0.483 e. The molecular formula is C24H28N4O5. The van der Waals surface area contributed by atoms with E-state index in [2.05, 4.69) is 20.8 Å². The van der Waals surface area contributed by atoms with E-state index < -0.39 is 17.2 Å². The minimum absolute atomic E-state index is 0.0504. The molecule has 0 fully saturated rings. The summed E-state index contributed by atoms with van der Waals surface area (Å²) in [7, 11) is 0. The highest BCUT2D eigenvalue weighted by Gasteiger charge is 2.31. The summed E-state index contributed by atoms with van der Waals surface area (Å²) in [5.74, 6) is 0.534. The summed E-state index contributed by atoms with van der Waals surface area (Å²) in [6, 6.07) is 16.0. The average Bonchev–Trinajstić information content (AvgIpc) is 3.21. The van der Waals surface area contributed by atoms with Gasteiger partial charge >= 0.3 is 6.09 Å². The molecule has 1 heterocycles. The smallest absolute Gasteiger partial charge is 0.408 e. The Bertz CT molecular complexity index is 1100. The Hall–Kier alpha value is -3.88. The lowest BCUT2D eigenvalue weighted by Crippen LogP contribution is -2.44. The monoisotopic (exact) mass is 452 g/mol. The van der Waals surface area contributed by atoms with Gasteiger partial charge in [-0.1, -0.05) is 35.5 Å². The molecule has 9 nitrogen and oxygen atoms in total. The van der Waals surface area contributed by atoms with E-state index in [0.717, 1.165) is 0 Å². The van der Waals surface area contributed by atoms with Crippen molar-refractivity contribution >= 4 is 17.7 Å². The number of nitrogens with one attached hydrogen (secondary N) is 2. The maximum Gasteiger partial charge on any atom is 0.408 e. The fourth-order valence-electron chi connectivity index (χ4n) is 2.82. The Kier molecular flexibility index (Phi) is 7.01. The number of alkyl carbamates (subject to hydrolysis) is 1. The van der Waals surface area contributed by atoms with E-state index in [1.807, 2.05) is 18.2 Å². The third-order valence-corrected chi connectivity index (χ3v) is 4.36. The van der Waals surface area contributed by atoms with E-state index >= 15 is 0 Å². The van der Waals surface area contributed by atoms with Crippen molar-refractivity contribution in [1.82, 2.24) is 15.5 Å². The minimum Gasteiger partial charge on any atom is -0.483 e. The van der Waals surface area contributed by atoms with E-state index in [-0.39, 0.29) is 24.2 Å². The van der Waals surface area contributed by atoms with Gasteiger partial charge in [-0.15, -0.1) is 0 Å². The van der Waals surface area contributed by atoms with Gasteiger partial charge in [-0.3, -0.25) is 4.79 Å². The van der Waals surface area contributed by atoms with Crippen LogP contribution >= 0.6 is 0 Å². The second kappa shape index (κ2) is 9.72. The second-order valence-electron chi connectivity index (χ2n) is 8.87. The van der Waals surface area contributed by atoms with Gasteiger partial charge in [0.25, 0.3) is 11.8 Å². The predicted molar refractivity (Wildman–Crippen MR) is 122 cm³/mol. The zero-order chi connectivity index (χ0) is 24.1. The Labute approximate surface area is 192 Å². The van der Waals surface area contributed by atoms with Gasteiger partial charge in [-0.25, -0.2) is 4.79 Å². The van der Waals surface area contributed by atoms with Crippen LogP contribution in [0.4, 0.5) is 10.5 Å². The van der Waals surface area contributed by atoms with Gasteiger partial charge in [0.2, 0.25) is 0 Å². The number of nitrogens with zero attached hydrogens (tertiary/aromatic N) is 2. The van der Waals surface area contributed by atoms with Crippen molar-refractivity contribution in [3.05, 3.63) is 71.9 Å². The maximum absolute atomic E-state index is 12.7. The van der Waals surface area contributed by atoms with Crippen LogP contribution in [0.2, 0.25) is 0 Å². The zero-order valence-electron chi connectivity index (χ0n) is 19.3. The molecule has 0 saturated carbocycles. The number of para-hydroxylation sites is 2. The molecule has 1 aromatic heterocycles. The molecule has 2 aromatic carbocycles. The minimum atomic E-state index is -0.933. The Balaban J connectivity index is 1.65. The quantitative estimate of drug-likeness (QED) is 0.535. The number of ether oxygens (including phenoxy) is 2. The van der Waals surface area contributed by atoms with Crippen molar-refractivity contribution in [1.29, 1.82) is 0 Å². The van der Waals surface area contributed by atoms with Gasteiger partial charge in [-0.2, -0.15) is 4.98 Å². The maximum atomic E-state index is 12.7. The fourth-order valence-corrected chi connectivity index (χ4v) is 2.82. The standard InChI is InChI=1S/C24H28N4O5/c1-23(2,3)32-22(30)27-24(4,5)21-26-19(33-28-21)15-31-18-14-10-9-13-17(18)20(29)25-16-11-7-6-8-12-16/h6-14H,15H2,1-5H3,(H,25,29)(H,27,30). The summed E-state index contributed by atoms with van der Waals surface area (Å²) in [5, 5.41) is 9.50. The van der Waals surface area contributed by atoms with Crippen LogP contribution in [0, 0.1) is 0 Å². The molecule has 0 bridgehead atoms. The van der Waals surface area contributed by atoms with Crippen molar-refractivity contribution in [3.63, 3.8) is 0 Å². The first-order valence-corrected chi connectivity index (χ1v) is 10.5. The molecular weight excluding hydrogens is 424 g/mol. The molecule has 9 heteroatoms. The fraction of sp³-hybridized carbons (Fsp3) is 0.333. The van der Waals surface area contributed by atoms with E-state index in [0.29, 0.717) is 17.0 Å². The number of amides is 2. The van der Waals surface area contributed by atoms with E-state index in [1.165, 1.54) is 0 Å². The summed E-state index contributed by atoms with van der Waals surface area (Å²) in [6.07, 6.45) is -0.589. The Morgan fingerprint density at radius 3 is 2.33 bits per heavy atom. The van der Waals surface area contributed by atoms with Gasteiger partial charge in [0.1, 0.15) is 16.9 Å². The number of hydrogen-bond acceptors (Lipinski definition) is 7. The lowest BCUT2D eigenvalue weighted by Gasteiger charge is -2.26. The molecule has 3 aromatic rings. The first-order chi connectivity index (χ1) is 15.5. The molecule has 2 amide bonds. The predicted octanol–water partition coefficient (Wildman–Crippen LogP) is 4.66. The van der Waals surface area contributed by atoms with Crippen LogP contribution in [0.25, 0.3) is 0 Å². The lowest BCUT2D eigenvalue weighted by molar-refractivity contribution is 0.0465. The summed E-state index contributed by atoms with van der Waals surface area (Å²) in [4.78, 5) is 29.1. The van der Waals surface area contributed by atoms with Crippen LogP contribution in [-0.4, -0.2) is 27.7 Å². The van der Waals surface area contributed by atoms with Crippen molar-refractivity contribution < 1.29 is 23.6 Å². The van der Waals surface area contributed by atoms with Crippen LogP contribution < -0.4 is 15.4 Å². The molecule has 0 unspecified atom stereocenters. The first-order valence-electron chi connectivity index (χ1n) is 10.5. The van der Waals surface area contributed by atoms with Crippen LogP contribution in [0.15, 0.2) is 59.1 Å². The Morgan fingerprint density at radius 1 is 0.970 bits per heavy atom. The molecule has 0 atom stereocenters. The topological polar surface area (TPSA) is 116 Å². The lowest BCUT2D eigenvalue weighted by atomic mass is 10.1. The summed E-state index contributed by atoms with van der Waals surface area (Å²) < 4.78 is 16.3. The first kappa shape index (κ1) is 23.8. The highest BCUT2D eigenvalue weighted by atomic mass is 16.6. The molecule has 33 heavy (non-hydrogen) atoms.